The summed E-state index contributed by atoms with van der Waals surface area (Å²) in [5.74, 6) is 0.130. The first-order valence-corrected chi connectivity index (χ1v) is 8.87. The van der Waals surface area contributed by atoms with E-state index in [1.165, 1.54) is 14.2 Å². The van der Waals surface area contributed by atoms with Crippen molar-refractivity contribution >= 4 is 49.4 Å². The minimum Gasteiger partial charge on any atom is -0.481 e. The van der Waals surface area contributed by atoms with Gasteiger partial charge in [-0.05, 0) is 18.2 Å². The van der Waals surface area contributed by atoms with Crippen LogP contribution in [0.25, 0.3) is 21.5 Å². The van der Waals surface area contributed by atoms with Crippen LogP contribution in [-0.2, 0) is 19.1 Å². The van der Waals surface area contributed by atoms with E-state index in [2.05, 4.69) is 25.4 Å². The molecule has 27 heavy (non-hydrogen) atoms. The van der Waals surface area contributed by atoms with Crippen molar-refractivity contribution in [2.75, 3.05) is 27.4 Å². The maximum absolute atomic E-state index is 11.6. The van der Waals surface area contributed by atoms with Crippen molar-refractivity contribution in [1.82, 2.24) is 0 Å². The molecule has 0 amide bonds. The predicted octanol–water partition coefficient (Wildman–Crippen LogP) is 3.86. The molecular formula is C20H17BrO6. The highest BCUT2D eigenvalue weighted by Crippen LogP contribution is 2.43. The molecule has 0 radical (unpaired) electrons. The van der Waals surface area contributed by atoms with Gasteiger partial charge in [0.25, 0.3) is 0 Å². The van der Waals surface area contributed by atoms with Crippen molar-refractivity contribution in [3.63, 3.8) is 0 Å². The van der Waals surface area contributed by atoms with Crippen LogP contribution < -0.4 is 9.47 Å². The number of carbonyl (C=O) groups is 2. The Morgan fingerprint density at radius 2 is 1.26 bits per heavy atom. The molecule has 0 atom stereocenters. The molecule has 0 aliphatic heterocycles. The SMILES string of the molecule is COC(=O)COc1c2ccccc2c(OCC(=O)OC)c2cc(Br)ccc12. The Balaban J connectivity index is 2.22. The van der Waals surface area contributed by atoms with Crippen LogP contribution in [-0.4, -0.2) is 39.4 Å². The Kier molecular flexibility index (Phi) is 5.81. The molecule has 0 spiro atoms. The van der Waals surface area contributed by atoms with Gasteiger partial charge in [0.05, 0.1) is 14.2 Å². The van der Waals surface area contributed by atoms with Crippen LogP contribution in [0.5, 0.6) is 11.5 Å². The molecule has 0 fully saturated rings. The van der Waals surface area contributed by atoms with Gasteiger partial charge >= 0.3 is 11.9 Å². The lowest BCUT2D eigenvalue weighted by molar-refractivity contribution is -0.143. The van der Waals surface area contributed by atoms with E-state index < -0.39 is 11.9 Å². The van der Waals surface area contributed by atoms with Gasteiger partial charge in [-0.3, -0.25) is 0 Å². The molecule has 0 saturated heterocycles. The zero-order valence-electron chi connectivity index (χ0n) is 14.8. The first-order chi connectivity index (χ1) is 13.0. The quantitative estimate of drug-likeness (QED) is 0.435. The summed E-state index contributed by atoms with van der Waals surface area (Å²) in [5, 5.41) is 3.01. The maximum atomic E-state index is 11.6. The first-order valence-electron chi connectivity index (χ1n) is 8.08. The third kappa shape index (κ3) is 3.98. The van der Waals surface area contributed by atoms with E-state index in [0.29, 0.717) is 11.5 Å². The minimum atomic E-state index is -0.478. The van der Waals surface area contributed by atoms with Crippen molar-refractivity contribution < 1.29 is 28.5 Å². The van der Waals surface area contributed by atoms with Crippen LogP contribution in [0.1, 0.15) is 0 Å². The van der Waals surface area contributed by atoms with Gasteiger partial charge in [0, 0.05) is 26.0 Å². The lowest BCUT2D eigenvalue weighted by atomic mass is 10.0. The van der Waals surface area contributed by atoms with Crippen molar-refractivity contribution in [2.24, 2.45) is 0 Å². The van der Waals surface area contributed by atoms with Crippen molar-refractivity contribution in [1.29, 1.82) is 0 Å². The average molecular weight is 433 g/mol. The van der Waals surface area contributed by atoms with Gasteiger partial charge in [0.1, 0.15) is 11.5 Å². The molecule has 0 aromatic heterocycles. The van der Waals surface area contributed by atoms with Crippen LogP contribution in [0.4, 0.5) is 0 Å². The van der Waals surface area contributed by atoms with Crippen LogP contribution >= 0.6 is 15.9 Å². The molecule has 0 bridgehead atoms. The Morgan fingerprint density at radius 1 is 0.778 bits per heavy atom. The summed E-state index contributed by atoms with van der Waals surface area (Å²) < 4.78 is 21.8. The van der Waals surface area contributed by atoms with Crippen molar-refractivity contribution in [3.05, 3.63) is 46.9 Å². The third-order valence-corrected chi connectivity index (χ3v) is 4.50. The second kappa shape index (κ2) is 8.26. The van der Waals surface area contributed by atoms with E-state index in [-0.39, 0.29) is 13.2 Å². The standard InChI is InChI=1S/C20H17BrO6/c1-24-17(22)10-26-19-13-5-3-4-6-14(13)20(27-11-18(23)25-2)16-9-12(21)7-8-15(16)19/h3-9H,10-11H2,1-2H3. The molecule has 0 aliphatic carbocycles. The average Bonchev–Trinajstić information content (AvgIpc) is 2.69. The van der Waals surface area contributed by atoms with E-state index in [9.17, 15) is 9.59 Å². The molecule has 0 saturated carbocycles. The number of methoxy groups -OCH3 is 2. The second-order valence-corrected chi connectivity index (χ2v) is 6.54. The molecule has 0 heterocycles. The van der Waals surface area contributed by atoms with E-state index in [0.717, 1.165) is 26.0 Å². The van der Waals surface area contributed by atoms with Crippen LogP contribution in [0.3, 0.4) is 0 Å². The lowest BCUT2D eigenvalue weighted by Crippen LogP contribution is -2.14. The van der Waals surface area contributed by atoms with Crippen LogP contribution in [0, 0.1) is 0 Å². The number of ether oxygens (including phenoxy) is 4. The van der Waals surface area contributed by atoms with Gasteiger partial charge < -0.3 is 18.9 Å². The Hall–Kier alpha value is -2.80. The molecule has 0 unspecified atom stereocenters. The number of halogens is 1. The fraction of sp³-hybridized carbons (Fsp3) is 0.200. The fourth-order valence-electron chi connectivity index (χ4n) is 2.76. The number of esters is 2. The highest BCUT2D eigenvalue weighted by molar-refractivity contribution is 9.10. The molecule has 7 heteroatoms. The van der Waals surface area contributed by atoms with Gasteiger partial charge in [0.15, 0.2) is 13.2 Å². The Bertz CT molecular complexity index is 1010. The molecule has 3 rings (SSSR count). The van der Waals surface area contributed by atoms with Crippen LogP contribution in [0.2, 0.25) is 0 Å². The number of carbonyl (C=O) groups excluding carboxylic acids is 2. The van der Waals surface area contributed by atoms with Gasteiger partial charge in [-0.1, -0.05) is 40.2 Å². The zero-order valence-corrected chi connectivity index (χ0v) is 16.4. The number of hydrogen-bond acceptors (Lipinski definition) is 6. The summed E-state index contributed by atoms with van der Waals surface area (Å²) in [6.07, 6.45) is 0. The lowest BCUT2D eigenvalue weighted by Gasteiger charge is -2.17. The number of hydrogen-bond donors (Lipinski definition) is 0. The summed E-state index contributed by atoms with van der Waals surface area (Å²) in [7, 11) is 2.62. The maximum Gasteiger partial charge on any atom is 0.343 e. The summed E-state index contributed by atoms with van der Waals surface area (Å²) in [6, 6.07) is 13.1. The topological polar surface area (TPSA) is 71.1 Å². The van der Waals surface area contributed by atoms with E-state index in [4.69, 9.17) is 9.47 Å². The summed E-state index contributed by atoms with van der Waals surface area (Å²) in [4.78, 5) is 23.1. The largest absolute Gasteiger partial charge is 0.481 e. The normalized spacial score (nSPS) is 10.6. The third-order valence-electron chi connectivity index (χ3n) is 4.01. The van der Waals surface area contributed by atoms with E-state index in [1.54, 1.807) is 0 Å². The monoisotopic (exact) mass is 432 g/mol. The Labute approximate surface area is 164 Å². The zero-order chi connectivity index (χ0) is 19.4. The Morgan fingerprint density at radius 3 is 1.78 bits per heavy atom. The van der Waals surface area contributed by atoms with Crippen LogP contribution in [0.15, 0.2) is 46.9 Å². The molecule has 3 aromatic carbocycles. The van der Waals surface area contributed by atoms with Gasteiger partial charge in [-0.15, -0.1) is 0 Å². The molecular weight excluding hydrogens is 416 g/mol. The highest BCUT2D eigenvalue weighted by Gasteiger charge is 2.18. The predicted molar refractivity (Wildman–Crippen MR) is 104 cm³/mol. The molecule has 0 N–H and O–H groups in total. The second-order valence-electron chi connectivity index (χ2n) is 5.62. The van der Waals surface area contributed by atoms with Crippen molar-refractivity contribution in [2.45, 2.75) is 0 Å². The summed E-state index contributed by atoms with van der Waals surface area (Å²) in [6.45, 7) is -0.432. The smallest absolute Gasteiger partial charge is 0.343 e. The first kappa shape index (κ1) is 19.0. The van der Waals surface area contributed by atoms with E-state index >= 15 is 0 Å². The van der Waals surface area contributed by atoms with Gasteiger partial charge in [-0.2, -0.15) is 0 Å². The number of fused-ring (bicyclic) bond motifs is 2. The minimum absolute atomic E-state index is 0.214. The van der Waals surface area contributed by atoms with E-state index in [1.807, 2.05) is 42.5 Å². The number of rotatable bonds is 6. The highest BCUT2D eigenvalue weighted by atomic mass is 79.9. The van der Waals surface area contributed by atoms with Gasteiger partial charge in [-0.25, -0.2) is 9.59 Å². The molecule has 3 aromatic rings. The molecule has 6 nitrogen and oxygen atoms in total. The summed E-state index contributed by atoms with van der Waals surface area (Å²) in [5.41, 5.74) is 0. The van der Waals surface area contributed by atoms with Gasteiger partial charge in [0.2, 0.25) is 0 Å². The number of benzene rings is 3. The fourth-order valence-corrected chi connectivity index (χ4v) is 3.12. The molecule has 0 aliphatic rings. The van der Waals surface area contributed by atoms with Crippen molar-refractivity contribution in [3.8, 4) is 11.5 Å². The molecule has 140 valence electrons. The summed E-state index contributed by atoms with van der Waals surface area (Å²) >= 11 is 3.46.